The maximum absolute atomic E-state index is 13.4. The topological polar surface area (TPSA) is 75.9 Å². The third-order valence-electron chi connectivity index (χ3n) is 2.05. The zero-order valence-corrected chi connectivity index (χ0v) is 10.5. The van der Waals surface area contributed by atoms with Crippen molar-refractivity contribution in [2.75, 3.05) is 10.7 Å². The van der Waals surface area contributed by atoms with E-state index >= 15 is 0 Å². The van der Waals surface area contributed by atoms with Crippen LogP contribution in [0, 0.1) is 11.6 Å². The summed E-state index contributed by atoms with van der Waals surface area (Å²) in [7, 11) is 0. The van der Waals surface area contributed by atoms with Gasteiger partial charge in [0.15, 0.2) is 5.82 Å². The molecule has 1 aromatic carbocycles. The Kier molecular flexibility index (Phi) is 3.68. The number of hydrogen-bond acceptors (Lipinski definition) is 5. The Balaban J connectivity index is 2.36. The minimum absolute atomic E-state index is 0.0302. The molecule has 1 aromatic heterocycles. The predicted molar refractivity (Wildman–Crippen MR) is 67.2 cm³/mol. The quantitative estimate of drug-likeness (QED) is 0.599. The lowest BCUT2D eigenvalue weighted by Gasteiger charge is -2.09. The number of nitrogen functional groups attached to an aromatic ring is 1. The van der Waals surface area contributed by atoms with Crippen LogP contribution in [0.5, 0.6) is 0 Å². The Morgan fingerprint density at radius 1 is 1.28 bits per heavy atom. The predicted octanol–water partition coefficient (Wildman–Crippen LogP) is 2.55. The minimum Gasteiger partial charge on any atom is -0.337 e. The van der Waals surface area contributed by atoms with Gasteiger partial charge in [-0.2, -0.15) is 4.98 Å². The average Bonchev–Trinajstić information content (AvgIpc) is 2.36. The van der Waals surface area contributed by atoms with E-state index in [0.29, 0.717) is 4.47 Å². The van der Waals surface area contributed by atoms with Crippen LogP contribution in [0.25, 0.3) is 0 Å². The second kappa shape index (κ2) is 5.23. The second-order valence-electron chi connectivity index (χ2n) is 3.28. The summed E-state index contributed by atoms with van der Waals surface area (Å²) in [5.41, 5.74) is 2.23. The molecule has 0 saturated heterocycles. The van der Waals surface area contributed by atoms with E-state index in [4.69, 9.17) is 5.84 Å². The molecule has 18 heavy (non-hydrogen) atoms. The standard InChI is InChI=1S/C10H8BrF2N5/c11-6-4-15-10(18-14)17-9(6)16-8-3-5(12)1-2-7(8)13/h1-4H,14H2,(H2,15,16,17,18). The fraction of sp³-hybridized carbons (Fsp3) is 0. The molecule has 1 heterocycles. The lowest BCUT2D eigenvalue weighted by Crippen LogP contribution is -2.11. The molecule has 0 aliphatic carbocycles. The Hall–Kier alpha value is -1.80. The number of nitrogens with two attached hydrogens (primary N) is 1. The Morgan fingerprint density at radius 3 is 2.78 bits per heavy atom. The molecule has 2 aromatic rings. The average molecular weight is 316 g/mol. The smallest absolute Gasteiger partial charge is 0.239 e. The molecule has 0 atom stereocenters. The first-order valence-corrected chi connectivity index (χ1v) is 5.60. The van der Waals surface area contributed by atoms with Gasteiger partial charge in [0.05, 0.1) is 10.2 Å². The summed E-state index contributed by atoms with van der Waals surface area (Å²) >= 11 is 3.19. The van der Waals surface area contributed by atoms with Crippen molar-refractivity contribution >= 4 is 33.4 Å². The number of anilines is 3. The fourth-order valence-electron chi connectivity index (χ4n) is 1.25. The van der Waals surface area contributed by atoms with E-state index in [1.165, 1.54) is 6.20 Å². The Morgan fingerprint density at radius 2 is 2.06 bits per heavy atom. The summed E-state index contributed by atoms with van der Waals surface area (Å²) in [6.07, 6.45) is 1.43. The molecule has 0 spiro atoms. The van der Waals surface area contributed by atoms with Crippen LogP contribution in [0.3, 0.4) is 0 Å². The van der Waals surface area contributed by atoms with Gasteiger partial charge in [0.25, 0.3) is 0 Å². The highest BCUT2D eigenvalue weighted by molar-refractivity contribution is 9.10. The molecule has 0 aliphatic heterocycles. The van der Waals surface area contributed by atoms with Gasteiger partial charge in [0.1, 0.15) is 11.6 Å². The summed E-state index contributed by atoms with van der Waals surface area (Å²) in [6.45, 7) is 0. The number of aromatic nitrogens is 2. The largest absolute Gasteiger partial charge is 0.337 e. The van der Waals surface area contributed by atoms with Crippen LogP contribution in [0.15, 0.2) is 28.9 Å². The number of hydrazine groups is 1. The summed E-state index contributed by atoms with van der Waals surface area (Å²) in [5.74, 6) is 4.43. The van der Waals surface area contributed by atoms with Gasteiger partial charge in [0, 0.05) is 12.3 Å². The van der Waals surface area contributed by atoms with Crippen molar-refractivity contribution in [1.82, 2.24) is 9.97 Å². The van der Waals surface area contributed by atoms with Crippen LogP contribution in [-0.4, -0.2) is 9.97 Å². The van der Waals surface area contributed by atoms with E-state index < -0.39 is 11.6 Å². The Labute approximate surface area is 110 Å². The molecular weight excluding hydrogens is 308 g/mol. The summed E-state index contributed by atoms with van der Waals surface area (Å²) in [6, 6.07) is 3.08. The molecule has 0 fully saturated rings. The summed E-state index contributed by atoms with van der Waals surface area (Å²) in [5, 5.41) is 2.65. The number of benzene rings is 1. The third kappa shape index (κ3) is 2.71. The van der Waals surface area contributed by atoms with Crippen molar-refractivity contribution < 1.29 is 8.78 Å². The highest BCUT2D eigenvalue weighted by Crippen LogP contribution is 2.25. The van der Waals surface area contributed by atoms with Crippen LogP contribution in [0.1, 0.15) is 0 Å². The van der Waals surface area contributed by atoms with Crippen molar-refractivity contribution in [1.29, 1.82) is 0 Å². The molecule has 0 aliphatic rings. The van der Waals surface area contributed by atoms with Crippen LogP contribution in [0.2, 0.25) is 0 Å². The number of nitrogens with one attached hydrogen (secondary N) is 2. The molecule has 5 nitrogen and oxygen atoms in total. The first-order chi connectivity index (χ1) is 8.60. The van der Waals surface area contributed by atoms with Crippen LogP contribution in [0.4, 0.5) is 26.2 Å². The normalized spacial score (nSPS) is 10.2. The first kappa shape index (κ1) is 12.7. The van der Waals surface area contributed by atoms with E-state index in [9.17, 15) is 8.78 Å². The van der Waals surface area contributed by atoms with Gasteiger partial charge in [-0.05, 0) is 28.1 Å². The van der Waals surface area contributed by atoms with E-state index in [1.54, 1.807) is 0 Å². The number of halogens is 3. The molecular formula is C10H8BrF2N5. The van der Waals surface area contributed by atoms with Crippen molar-refractivity contribution in [3.05, 3.63) is 40.5 Å². The van der Waals surface area contributed by atoms with Gasteiger partial charge in [-0.3, -0.25) is 5.43 Å². The van der Waals surface area contributed by atoms with Crippen molar-refractivity contribution in [2.24, 2.45) is 5.84 Å². The van der Waals surface area contributed by atoms with E-state index in [2.05, 4.69) is 36.6 Å². The molecule has 2 rings (SSSR count). The molecule has 94 valence electrons. The highest BCUT2D eigenvalue weighted by Gasteiger charge is 2.09. The van der Waals surface area contributed by atoms with E-state index in [1.807, 2.05) is 0 Å². The van der Waals surface area contributed by atoms with E-state index in [-0.39, 0.29) is 17.5 Å². The lowest BCUT2D eigenvalue weighted by atomic mass is 10.3. The SMILES string of the molecule is NNc1ncc(Br)c(Nc2cc(F)ccc2F)n1. The zero-order chi connectivity index (χ0) is 13.1. The third-order valence-corrected chi connectivity index (χ3v) is 2.64. The lowest BCUT2D eigenvalue weighted by molar-refractivity contribution is 0.603. The van der Waals surface area contributed by atoms with Gasteiger partial charge in [-0.1, -0.05) is 0 Å². The monoisotopic (exact) mass is 315 g/mol. The molecule has 0 unspecified atom stereocenters. The molecule has 4 N–H and O–H groups in total. The first-order valence-electron chi connectivity index (χ1n) is 4.81. The molecule has 0 radical (unpaired) electrons. The van der Waals surface area contributed by atoms with E-state index in [0.717, 1.165) is 18.2 Å². The fourth-order valence-corrected chi connectivity index (χ4v) is 1.54. The van der Waals surface area contributed by atoms with Crippen LogP contribution < -0.4 is 16.6 Å². The molecule has 0 bridgehead atoms. The van der Waals surface area contributed by atoms with Gasteiger partial charge < -0.3 is 5.32 Å². The van der Waals surface area contributed by atoms with Gasteiger partial charge in [-0.25, -0.2) is 19.6 Å². The maximum atomic E-state index is 13.4. The van der Waals surface area contributed by atoms with Crippen LogP contribution in [-0.2, 0) is 0 Å². The molecule has 8 heteroatoms. The highest BCUT2D eigenvalue weighted by atomic mass is 79.9. The van der Waals surface area contributed by atoms with Crippen molar-refractivity contribution in [2.45, 2.75) is 0 Å². The van der Waals surface area contributed by atoms with Crippen molar-refractivity contribution in [3.8, 4) is 0 Å². The zero-order valence-electron chi connectivity index (χ0n) is 8.92. The number of rotatable bonds is 3. The van der Waals surface area contributed by atoms with Gasteiger partial charge in [0.2, 0.25) is 5.95 Å². The van der Waals surface area contributed by atoms with Gasteiger partial charge >= 0.3 is 0 Å². The Bertz CT molecular complexity index is 578. The molecule has 0 amide bonds. The minimum atomic E-state index is -0.593. The van der Waals surface area contributed by atoms with Crippen LogP contribution >= 0.6 is 15.9 Å². The van der Waals surface area contributed by atoms with Crippen molar-refractivity contribution in [3.63, 3.8) is 0 Å². The summed E-state index contributed by atoms with van der Waals surface area (Å²) < 4.78 is 26.9. The summed E-state index contributed by atoms with van der Waals surface area (Å²) in [4.78, 5) is 7.80. The van der Waals surface area contributed by atoms with Gasteiger partial charge in [-0.15, -0.1) is 0 Å². The molecule has 0 saturated carbocycles. The number of hydrogen-bond donors (Lipinski definition) is 3. The number of nitrogens with zero attached hydrogens (tertiary/aromatic N) is 2. The second-order valence-corrected chi connectivity index (χ2v) is 4.14. The maximum Gasteiger partial charge on any atom is 0.239 e.